The summed E-state index contributed by atoms with van der Waals surface area (Å²) in [6.07, 6.45) is 2.18. The molecule has 0 bridgehead atoms. The Bertz CT molecular complexity index is 476. The number of halogens is 1. The maximum absolute atomic E-state index is 13.2. The average molecular weight is 300 g/mol. The lowest BCUT2D eigenvalue weighted by Gasteiger charge is -2.15. The molecular weight excluding hydrogens is 283 g/mol. The Morgan fingerprint density at radius 3 is 2.65 bits per heavy atom. The van der Waals surface area contributed by atoms with Crippen LogP contribution in [0.25, 0.3) is 0 Å². The number of benzene rings is 1. The highest BCUT2D eigenvalue weighted by Crippen LogP contribution is 2.13. The topological polar surface area (TPSA) is 78.4 Å². The standard InChI is InChI=1S/C13H17FN2O3S/c1-8-5-9(14)7-10(6-8)15-13(19)16-11(12(17)18)3-4-20-2/h5-7,11H,3-4H2,1-2H3,(H,17,18)(H2,15,16,19)/t11-/m1/s1. The molecular formula is C13H17FN2O3S. The van der Waals surface area contributed by atoms with Crippen molar-refractivity contribution in [2.75, 3.05) is 17.3 Å². The maximum atomic E-state index is 13.2. The Morgan fingerprint density at radius 2 is 2.10 bits per heavy atom. The fourth-order valence-corrected chi connectivity index (χ4v) is 2.10. The maximum Gasteiger partial charge on any atom is 0.326 e. The van der Waals surface area contributed by atoms with Crippen molar-refractivity contribution in [1.29, 1.82) is 0 Å². The molecule has 0 aliphatic rings. The number of carboxylic acid groups (broad SMARTS) is 1. The van der Waals surface area contributed by atoms with E-state index in [4.69, 9.17) is 5.11 Å². The number of thioether (sulfide) groups is 1. The van der Waals surface area contributed by atoms with E-state index in [1.807, 2.05) is 6.26 Å². The first-order valence-electron chi connectivity index (χ1n) is 5.99. The van der Waals surface area contributed by atoms with Crippen LogP contribution in [0.4, 0.5) is 14.9 Å². The molecule has 0 saturated heterocycles. The van der Waals surface area contributed by atoms with Crippen LogP contribution in [-0.4, -0.2) is 35.2 Å². The highest BCUT2D eigenvalue weighted by Gasteiger charge is 2.19. The first-order valence-corrected chi connectivity index (χ1v) is 7.38. The summed E-state index contributed by atoms with van der Waals surface area (Å²) in [4.78, 5) is 22.7. The number of rotatable bonds is 6. The van der Waals surface area contributed by atoms with Crippen LogP contribution in [0.5, 0.6) is 0 Å². The van der Waals surface area contributed by atoms with Gasteiger partial charge in [0.25, 0.3) is 0 Å². The number of anilines is 1. The van der Waals surface area contributed by atoms with Crippen LogP contribution >= 0.6 is 11.8 Å². The van der Waals surface area contributed by atoms with Crippen LogP contribution in [0.2, 0.25) is 0 Å². The molecule has 1 aromatic rings. The summed E-state index contributed by atoms with van der Waals surface area (Å²) in [5.74, 6) is -0.932. The van der Waals surface area contributed by atoms with Crippen LogP contribution in [-0.2, 0) is 4.79 Å². The van der Waals surface area contributed by atoms with Gasteiger partial charge in [-0.25, -0.2) is 14.0 Å². The normalized spacial score (nSPS) is 11.8. The number of hydrogen-bond donors (Lipinski definition) is 3. The molecule has 110 valence electrons. The molecule has 0 unspecified atom stereocenters. The van der Waals surface area contributed by atoms with Crippen LogP contribution in [0.1, 0.15) is 12.0 Å². The number of aryl methyl sites for hydroxylation is 1. The molecule has 20 heavy (non-hydrogen) atoms. The van der Waals surface area contributed by atoms with E-state index in [9.17, 15) is 14.0 Å². The van der Waals surface area contributed by atoms with Crippen molar-refractivity contribution in [2.24, 2.45) is 0 Å². The molecule has 0 radical (unpaired) electrons. The predicted molar refractivity (Wildman–Crippen MR) is 77.7 cm³/mol. The Hall–Kier alpha value is -1.76. The smallest absolute Gasteiger partial charge is 0.326 e. The third-order valence-corrected chi connectivity index (χ3v) is 3.16. The molecule has 0 aliphatic carbocycles. The second-order valence-corrected chi connectivity index (χ2v) is 5.27. The molecule has 7 heteroatoms. The number of amides is 2. The summed E-state index contributed by atoms with van der Waals surface area (Å²) in [5.41, 5.74) is 0.950. The third-order valence-electron chi connectivity index (χ3n) is 2.51. The Labute approximate surface area is 120 Å². The van der Waals surface area contributed by atoms with Gasteiger partial charge in [0, 0.05) is 5.69 Å². The lowest BCUT2D eigenvalue weighted by atomic mass is 10.2. The zero-order chi connectivity index (χ0) is 15.1. The first kappa shape index (κ1) is 16.3. The van der Waals surface area contributed by atoms with Crippen molar-refractivity contribution in [1.82, 2.24) is 5.32 Å². The van der Waals surface area contributed by atoms with E-state index >= 15 is 0 Å². The van der Waals surface area contributed by atoms with Gasteiger partial charge in [-0.15, -0.1) is 0 Å². The Balaban J connectivity index is 2.63. The van der Waals surface area contributed by atoms with Crippen molar-refractivity contribution >= 4 is 29.4 Å². The first-order chi connectivity index (χ1) is 9.42. The number of carboxylic acids is 1. The fourth-order valence-electron chi connectivity index (χ4n) is 1.63. The van der Waals surface area contributed by atoms with Gasteiger partial charge in [-0.2, -0.15) is 11.8 Å². The minimum Gasteiger partial charge on any atom is -0.480 e. The minimum absolute atomic E-state index is 0.286. The van der Waals surface area contributed by atoms with Gasteiger partial charge in [0.05, 0.1) is 0 Å². The number of carbonyl (C=O) groups is 2. The van der Waals surface area contributed by atoms with E-state index < -0.39 is 23.9 Å². The Morgan fingerprint density at radius 1 is 1.40 bits per heavy atom. The number of nitrogens with one attached hydrogen (secondary N) is 2. The van der Waals surface area contributed by atoms with Gasteiger partial charge in [-0.05, 0) is 49.1 Å². The van der Waals surface area contributed by atoms with Crippen LogP contribution < -0.4 is 10.6 Å². The molecule has 1 atom stereocenters. The van der Waals surface area contributed by atoms with Gasteiger partial charge in [0.15, 0.2) is 0 Å². The monoisotopic (exact) mass is 300 g/mol. The van der Waals surface area contributed by atoms with Crippen molar-refractivity contribution < 1.29 is 19.1 Å². The summed E-state index contributed by atoms with van der Waals surface area (Å²) >= 11 is 1.50. The van der Waals surface area contributed by atoms with Gasteiger partial charge >= 0.3 is 12.0 Å². The zero-order valence-corrected chi connectivity index (χ0v) is 12.1. The highest BCUT2D eigenvalue weighted by atomic mass is 32.2. The van der Waals surface area contributed by atoms with Crippen LogP contribution in [0.3, 0.4) is 0 Å². The van der Waals surface area contributed by atoms with Gasteiger partial charge in [-0.1, -0.05) is 0 Å². The minimum atomic E-state index is -1.09. The molecule has 3 N–H and O–H groups in total. The second kappa shape index (κ2) is 7.74. The lowest BCUT2D eigenvalue weighted by molar-refractivity contribution is -0.139. The van der Waals surface area contributed by atoms with Gasteiger partial charge in [0.1, 0.15) is 11.9 Å². The molecule has 0 saturated carbocycles. The zero-order valence-electron chi connectivity index (χ0n) is 11.3. The molecule has 5 nitrogen and oxygen atoms in total. The van der Waals surface area contributed by atoms with Crippen molar-refractivity contribution in [2.45, 2.75) is 19.4 Å². The van der Waals surface area contributed by atoms with E-state index in [1.165, 1.54) is 23.9 Å². The number of urea groups is 1. The molecule has 0 aromatic heterocycles. The molecule has 0 heterocycles. The fraction of sp³-hybridized carbons (Fsp3) is 0.385. The summed E-state index contributed by atoms with van der Waals surface area (Å²) in [6, 6.07) is 2.48. The average Bonchev–Trinajstić information content (AvgIpc) is 2.32. The van der Waals surface area contributed by atoms with E-state index in [1.54, 1.807) is 13.0 Å². The number of carbonyl (C=O) groups excluding carboxylic acids is 1. The molecule has 1 aromatic carbocycles. The summed E-state index contributed by atoms with van der Waals surface area (Å²) in [7, 11) is 0. The third kappa shape index (κ3) is 5.48. The molecule has 1 rings (SSSR count). The van der Waals surface area contributed by atoms with Crippen molar-refractivity contribution in [3.05, 3.63) is 29.6 Å². The largest absolute Gasteiger partial charge is 0.480 e. The number of hydrogen-bond acceptors (Lipinski definition) is 3. The van der Waals surface area contributed by atoms with Gasteiger partial charge < -0.3 is 15.7 Å². The molecule has 0 fully saturated rings. The van der Waals surface area contributed by atoms with Crippen LogP contribution in [0.15, 0.2) is 18.2 Å². The second-order valence-electron chi connectivity index (χ2n) is 4.29. The molecule has 0 aliphatic heterocycles. The number of aliphatic carboxylic acids is 1. The lowest BCUT2D eigenvalue weighted by Crippen LogP contribution is -2.43. The Kier molecular flexibility index (Phi) is 6.30. The van der Waals surface area contributed by atoms with E-state index in [2.05, 4.69) is 10.6 Å². The highest BCUT2D eigenvalue weighted by molar-refractivity contribution is 7.98. The predicted octanol–water partition coefficient (Wildman–Crippen LogP) is 2.46. The van der Waals surface area contributed by atoms with E-state index in [0.29, 0.717) is 17.7 Å². The molecule has 0 spiro atoms. The summed E-state index contributed by atoms with van der Waals surface area (Å²) < 4.78 is 13.2. The molecule has 2 amide bonds. The summed E-state index contributed by atoms with van der Waals surface area (Å²) in [6.45, 7) is 1.70. The van der Waals surface area contributed by atoms with E-state index in [0.717, 1.165) is 0 Å². The SMILES string of the molecule is CSCC[C@@H](NC(=O)Nc1cc(C)cc(F)c1)C(=O)O. The quantitative estimate of drug-likeness (QED) is 0.754. The summed E-state index contributed by atoms with van der Waals surface area (Å²) in [5, 5.41) is 13.8. The van der Waals surface area contributed by atoms with E-state index in [-0.39, 0.29) is 5.69 Å². The van der Waals surface area contributed by atoms with Crippen LogP contribution in [0, 0.1) is 12.7 Å². The van der Waals surface area contributed by atoms with Gasteiger partial charge in [0.2, 0.25) is 0 Å². The van der Waals surface area contributed by atoms with Gasteiger partial charge in [-0.3, -0.25) is 0 Å². The van der Waals surface area contributed by atoms with Crippen molar-refractivity contribution in [3.63, 3.8) is 0 Å². The van der Waals surface area contributed by atoms with Crippen molar-refractivity contribution in [3.8, 4) is 0 Å².